The van der Waals surface area contributed by atoms with Gasteiger partial charge >= 0.3 is 0 Å². The fourth-order valence-electron chi connectivity index (χ4n) is 1.83. The molecule has 0 atom stereocenters. The highest BCUT2D eigenvalue weighted by Crippen LogP contribution is 2.32. The first kappa shape index (κ1) is 11.6. The molecule has 0 aliphatic carbocycles. The topological polar surface area (TPSA) is 38.9 Å². The van der Waals surface area contributed by atoms with Crippen LogP contribution in [0.15, 0.2) is 53.0 Å². The lowest BCUT2D eigenvalue weighted by Gasteiger charge is -2.03. The van der Waals surface area contributed by atoms with Crippen LogP contribution in [0, 0.1) is 0 Å². The van der Waals surface area contributed by atoms with E-state index < -0.39 is 0 Å². The molecule has 4 heteroatoms. The van der Waals surface area contributed by atoms with Gasteiger partial charge in [-0.3, -0.25) is 4.98 Å². The number of nitrogen functional groups attached to an aromatic ring is 1. The summed E-state index contributed by atoms with van der Waals surface area (Å²) in [4.78, 5) is 5.10. The van der Waals surface area contributed by atoms with E-state index in [4.69, 9.17) is 5.73 Å². The van der Waals surface area contributed by atoms with Crippen LogP contribution in [-0.2, 0) is 5.75 Å². The number of benzene rings is 1. The second-order valence-corrected chi connectivity index (χ2v) is 5.89. The monoisotopic (exact) mass is 272 g/mol. The predicted molar refractivity (Wildman–Crippen MR) is 80.0 cm³/mol. The van der Waals surface area contributed by atoms with E-state index >= 15 is 0 Å². The van der Waals surface area contributed by atoms with Crippen LogP contribution >= 0.6 is 23.1 Å². The van der Waals surface area contributed by atoms with Gasteiger partial charge < -0.3 is 5.73 Å². The number of aromatic nitrogens is 1. The highest BCUT2D eigenvalue weighted by Gasteiger charge is 2.05. The molecule has 0 amide bonds. The lowest BCUT2D eigenvalue weighted by Crippen LogP contribution is -1.89. The summed E-state index contributed by atoms with van der Waals surface area (Å²) < 4.78 is 1.34. The molecule has 3 aromatic rings. The summed E-state index contributed by atoms with van der Waals surface area (Å²) in [5.74, 6) is 0.943. The van der Waals surface area contributed by atoms with E-state index in [0.29, 0.717) is 0 Å². The van der Waals surface area contributed by atoms with Crippen LogP contribution in [0.4, 0.5) is 5.69 Å². The number of pyridine rings is 1. The SMILES string of the molecule is Nc1cnccc1SCc1csc2ccccc12. The Bertz CT molecular complexity index is 676. The maximum atomic E-state index is 5.89. The van der Waals surface area contributed by atoms with Gasteiger partial charge in [-0.25, -0.2) is 0 Å². The number of hydrogen-bond donors (Lipinski definition) is 1. The molecule has 0 radical (unpaired) electrons. The van der Waals surface area contributed by atoms with Crippen LogP contribution in [-0.4, -0.2) is 4.98 Å². The quantitative estimate of drug-likeness (QED) is 0.727. The Balaban J connectivity index is 1.83. The van der Waals surface area contributed by atoms with Gasteiger partial charge in [-0.1, -0.05) is 18.2 Å². The highest BCUT2D eigenvalue weighted by atomic mass is 32.2. The number of nitrogens with zero attached hydrogens (tertiary/aromatic N) is 1. The summed E-state index contributed by atoms with van der Waals surface area (Å²) in [6.07, 6.45) is 3.48. The molecule has 18 heavy (non-hydrogen) atoms. The van der Waals surface area contributed by atoms with Gasteiger partial charge in [0.25, 0.3) is 0 Å². The largest absolute Gasteiger partial charge is 0.397 e. The van der Waals surface area contributed by atoms with Crippen molar-refractivity contribution in [3.05, 3.63) is 53.7 Å². The maximum absolute atomic E-state index is 5.89. The molecule has 0 saturated heterocycles. The zero-order chi connectivity index (χ0) is 12.4. The van der Waals surface area contributed by atoms with E-state index in [1.807, 2.05) is 6.07 Å². The van der Waals surface area contributed by atoms with Gasteiger partial charge in [-0.2, -0.15) is 0 Å². The average Bonchev–Trinajstić information content (AvgIpc) is 2.81. The summed E-state index contributed by atoms with van der Waals surface area (Å²) in [5.41, 5.74) is 8.02. The summed E-state index contributed by atoms with van der Waals surface area (Å²) in [6.45, 7) is 0. The van der Waals surface area contributed by atoms with Crippen LogP contribution in [0.5, 0.6) is 0 Å². The van der Waals surface area contributed by atoms with E-state index in [1.54, 1.807) is 35.5 Å². The number of rotatable bonds is 3. The molecule has 2 nitrogen and oxygen atoms in total. The molecule has 0 unspecified atom stereocenters. The van der Waals surface area contributed by atoms with Gasteiger partial charge in [0.1, 0.15) is 0 Å². The normalized spacial score (nSPS) is 10.9. The van der Waals surface area contributed by atoms with Gasteiger partial charge in [0, 0.05) is 21.5 Å². The third kappa shape index (κ3) is 2.21. The van der Waals surface area contributed by atoms with E-state index in [-0.39, 0.29) is 0 Å². The number of thiophene rings is 1. The van der Waals surface area contributed by atoms with Crippen molar-refractivity contribution in [2.75, 3.05) is 5.73 Å². The fourth-order valence-corrected chi connectivity index (χ4v) is 3.82. The Morgan fingerprint density at radius 1 is 1.22 bits per heavy atom. The van der Waals surface area contributed by atoms with Crippen LogP contribution < -0.4 is 5.73 Å². The van der Waals surface area contributed by atoms with Crippen molar-refractivity contribution in [1.29, 1.82) is 0 Å². The molecule has 0 saturated carbocycles. The molecular weight excluding hydrogens is 260 g/mol. The number of thioether (sulfide) groups is 1. The molecule has 90 valence electrons. The van der Waals surface area contributed by atoms with Crippen molar-refractivity contribution >= 4 is 38.9 Å². The molecule has 2 heterocycles. The first-order chi connectivity index (χ1) is 8.84. The van der Waals surface area contributed by atoms with E-state index in [1.165, 1.54) is 15.6 Å². The minimum atomic E-state index is 0.752. The minimum Gasteiger partial charge on any atom is -0.397 e. The van der Waals surface area contributed by atoms with Crippen molar-refractivity contribution < 1.29 is 0 Å². The van der Waals surface area contributed by atoms with Crippen LogP contribution in [0.2, 0.25) is 0 Å². The van der Waals surface area contributed by atoms with E-state index in [2.05, 4.69) is 34.6 Å². The number of nitrogens with two attached hydrogens (primary N) is 1. The van der Waals surface area contributed by atoms with Gasteiger partial charge in [0.2, 0.25) is 0 Å². The minimum absolute atomic E-state index is 0.752. The van der Waals surface area contributed by atoms with Crippen molar-refractivity contribution in [2.45, 2.75) is 10.6 Å². The number of fused-ring (bicyclic) bond motifs is 1. The second kappa shape index (κ2) is 5.00. The Hall–Kier alpha value is -1.52. The van der Waals surface area contributed by atoms with Crippen molar-refractivity contribution in [2.24, 2.45) is 0 Å². The first-order valence-electron chi connectivity index (χ1n) is 5.62. The van der Waals surface area contributed by atoms with Crippen molar-refractivity contribution in [3.63, 3.8) is 0 Å². The van der Waals surface area contributed by atoms with E-state index in [9.17, 15) is 0 Å². The molecule has 2 aromatic heterocycles. The molecular formula is C14H12N2S2. The average molecular weight is 272 g/mol. The van der Waals surface area contributed by atoms with Crippen LogP contribution in [0.25, 0.3) is 10.1 Å². The zero-order valence-corrected chi connectivity index (χ0v) is 11.3. The lowest BCUT2D eigenvalue weighted by molar-refractivity contribution is 1.27. The smallest absolute Gasteiger partial charge is 0.0638 e. The zero-order valence-electron chi connectivity index (χ0n) is 9.67. The third-order valence-electron chi connectivity index (χ3n) is 2.75. The predicted octanol–water partition coefficient (Wildman–Crippen LogP) is 4.17. The summed E-state index contributed by atoms with van der Waals surface area (Å²) in [6, 6.07) is 10.5. The van der Waals surface area contributed by atoms with E-state index in [0.717, 1.165) is 16.3 Å². The van der Waals surface area contributed by atoms with Crippen molar-refractivity contribution in [3.8, 4) is 0 Å². The van der Waals surface area contributed by atoms with Gasteiger partial charge in [0.15, 0.2) is 0 Å². The summed E-state index contributed by atoms with van der Waals surface area (Å²) in [5, 5.41) is 3.58. The Morgan fingerprint density at radius 2 is 2.11 bits per heavy atom. The Kier molecular flexibility index (Phi) is 3.21. The second-order valence-electron chi connectivity index (χ2n) is 3.96. The van der Waals surface area contributed by atoms with Gasteiger partial charge in [-0.05, 0) is 28.5 Å². The summed E-state index contributed by atoms with van der Waals surface area (Å²) >= 11 is 3.56. The highest BCUT2D eigenvalue weighted by molar-refractivity contribution is 7.98. The molecule has 0 fully saturated rings. The molecule has 0 spiro atoms. The molecule has 0 aliphatic heterocycles. The Morgan fingerprint density at radius 3 is 3.00 bits per heavy atom. The fraction of sp³-hybridized carbons (Fsp3) is 0.0714. The standard InChI is InChI=1S/C14H12N2S2/c15-12-7-16-6-5-14(12)18-9-10-8-17-13-4-2-1-3-11(10)13/h1-8H,9,15H2. The van der Waals surface area contributed by atoms with Crippen LogP contribution in [0.1, 0.15) is 5.56 Å². The number of anilines is 1. The van der Waals surface area contributed by atoms with Gasteiger partial charge in [0.05, 0.1) is 11.9 Å². The summed E-state index contributed by atoms with van der Waals surface area (Å²) in [7, 11) is 0. The molecule has 3 rings (SSSR count). The number of hydrogen-bond acceptors (Lipinski definition) is 4. The van der Waals surface area contributed by atoms with Crippen molar-refractivity contribution in [1.82, 2.24) is 4.98 Å². The molecule has 0 bridgehead atoms. The Labute approximate surface area is 114 Å². The third-order valence-corrected chi connectivity index (χ3v) is 4.90. The van der Waals surface area contributed by atoms with Gasteiger partial charge in [-0.15, -0.1) is 23.1 Å². The first-order valence-corrected chi connectivity index (χ1v) is 7.48. The van der Waals surface area contributed by atoms with Crippen LogP contribution in [0.3, 0.4) is 0 Å². The maximum Gasteiger partial charge on any atom is 0.0638 e. The molecule has 2 N–H and O–H groups in total. The molecule has 1 aromatic carbocycles. The molecule has 0 aliphatic rings. The lowest BCUT2D eigenvalue weighted by atomic mass is 10.2.